The summed E-state index contributed by atoms with van der Waals surface area (Å²) in [5, 5.41) is 11.2. The van der Waals surface area contributed by atoms with Gasteiger partial charge in [-0.25, -0.2) is 0 Å². The van der Waals surface area contributed by atoms with Crippen LogP contribution in [0.15, 0.2) is 30.3 Å². The molecule has 1 saturated carbocycles. The van der Waals surface area contributed by atoms with Crippen molar-refractivity contribution >= 4 is 0 Å². The van der Waals surface area contributed by atoms with Crippen LogP contribution in [-0.4, -0.2) is 5.11 Å². The fourth-order valence-corrected chi connectivity index (χ4v) is 3.34. The largest absolute Gasteiger partial charge is 0.385 e. The standard InChI is InChI=1S/C17H26O/c1-2-3-14-17(18,15-10-6-4-7-11-15)16-12-8-5-9-13-16/h4,6-7,10-11,16,18H,2-3,5,8-9,12-14H2,1H3. The van der Waals surface area contributed by atoms with E-state index in [0.29, 0.717) is 5.92 Å². The molecule has 100 valence electrons. The van der Waals surface area contributed by atoms with Crippen LogP contribution in [0.2, 0.25) is 0 Å². The molecule has 1 fully saturated rings. The first-order valence-corrected chi connectivity index (χ1v) is 7.55. The van der Waals surface area contributed by atoms with Gasteiger partial charge in [-0.3, -0.25) is 0 Å². The van der Waals surface area contributed by atoms with Gasteiger partial charge in [-0.2, -0.15) is 0 Å². The van der Waals surface area contributed by atoms with Crippen molar-refractivity contribution in [3.63, 3.8) is 0 Å². The molecule has 0 heterocycles. The van der Waals surface area contributed by atoms with E-state index in [-0.39, 0.29) is 0 Å². The van der Waals surface area contributed by atoms with Gasteiger partial charge in [0.2, 0.25) is 0 Å². The Labute approximate surface area is 111 Å². The van der Waals surface area contributed by atoms with Gasteiger partial charge >= 0.3 is 0 Å². The maximum absolute atomic E-state index is 11.2. The van der Waals surface area contributed by atoms with Gasteiger partial charge in [0.25, 0.3) is 0 Å². The first kappa shape index (κ1) is 13.6. The summed E-state index contributed by atoms with van der Waals surface area (Å²) in [7, 11) is 0. The second-order valence-electron chi connectivity index (χ2n) is 5.73. The minimum atomic E-state index is -0.586. The molecule has 1 N–H and O–H groups in total. The lowest BCUT2D eigenvalue weighted by atomic mass is 9.71. The van der Waals surface area contributed by atoms with Crippen molar-refractivity contribution in [2.45, 2.75) is 63.9 Å². The predicted molar refractivity (Wildman–Crippen MR) is 76.4 cm³/mol. The first-order valence-electron chi connectivity index (χ1n) is 7.55. The van der Waals surface area contributed by atoms with Crippen molar-refractivity contribution in [3.8, 4) is 0 Å². The molecular formula is C17H26O. The molecule has 1 atom stereocenters. The number of rotatable bonds is 5. The average molecular weight is 246 g/mol. The van der Waals surface area contributed by atoms with Gasteiger partial charge in [0.05, 0.1) is 5.60 Å². The molecule has 1 unspecified atom stereocenters. The normalized spacial score (nSPS) is 20.6. The molecule has 1 nitrogen and oxygen atoms in total. The highest BCUT2D eigenvalue weighted by Crippen LogP contribution is 2.42. The van der Waals surface area contributed by atoms with Gasteiger partial charge < -0.3 is 5.11 Å². The van der Waals surface area contributed by atoms with Crippen LogP contribution in [0.25, 0.3) is 0 Å². The summed E-state index contributed by atoms with van der Waals surface area (Å²) in [6.07, 6.45) is 9.47. The lowest BCUT2D eigenvalue weighted by Gasteiger charge is -2.39. The van der Waals surface area contributed by atoms with Crippen LogP contribution in [0.4, 0.5) is 0 Å². The Bertz CT molecular complexity index is 340. The van der Waals surface area contributed by atoms with E-state index in [1.165, 1.54) is 32.1 Å². The Morgan fingerprint density at radius 3 is 2.39 bits per heavy atom. The number of hydrogen-bond donors (Lipinski definition) is 1. The number of unbranched alkanes of at least 4 members (excludes halogenated alkanes) is 1. The zero-order valence-electron chi connectivity index (χ0n) is 11.6. The van der Waals surface area contributed by atoms with Gasteiger partial charge in [0.1, 0.15) is 0 Å². The molecule has 0 spiro atoms. The third kappa shape index (κ3) is 2.95. The van der Waals surface area contributed by atoms with E-state index >= 15 is 0 Å². The molecule has 18 heavy (non-hydrogen) atoms. The van der Waals surface area contributed by atoms with Crippen LogP contribution >= 0.6 is 0 Å². The van der Waals surface area contributed by atoms with E-state index in [1.54, 1.807) is 0 Å². The van der Waals surface area contributed by atoms with E-state index in [1.807, 2.05) is 6.07 Å². The quantitative estimate of drug-likeness (QED) is 0.802. The molecule has 0 aromatic heterocycles. The van der Waals surface area contributed by atoms with Gasteiger partial charge in [-0.15, -0.1) is 0 Å². The maximum Gasteiger partial charge on any atom is 0.0924 e. The molecular weight excluding hydrogens is 220 g/mol. The lowest BCUT2D eigenvalue weighted by Crippen LogP contribution is -2.36. The van der Waals surface area contributed by atoms with E-state index < -0.39 is 5.60 Å². The van der Waals surface area contributed by atoms with Gasteiger partial charge in [0.15, 0.2) is 0 Å². The fourth-order valence-electron chi connectivity index (χ4n) is 3.34. The van der Waals surface area contributed by atoms with Gasteiger partial charge in [-0.1, -0.05) is 69.4 Å². The number of benzene rings is 1. The number of aliphatic hydroxyl groups is 1. The highest BCUT2D eigenvalue weighted by molar-refractivity contribution is 5.23. The van der Waals surface area contributed by atoms with Crippen molar-refractivity contribution in [3.05, 3.63) is 35.9 Å². The van der Waals surface area contributed by atoms with Crippen LogP contribution in [0.3, 0.4) is 0 Å². The summed E-state index contributed by atoms with van der Waals surface area (Å²) >= 11 is 0. The Morgan fingerprint density at radius 2 is 1.78 bits per heavy atom. The summed E-state index contributed by atoms with van der Waals surface area (Å²) in [6.45, 7) is 2.20. The summed E-state index contributed by atoms with van der Waals surface area (Å²) in [4.78, 5) is 0. The minimum Gasteiger partial charge on any atom is -0.385 e. The van der Waals surface area contributed by atoms with Gasteiger partial charge in [-0.05, 0) is 30.7 Å². The molecule has 1 aromatic carbocycles. The second-order valence-corrected chi connectivity index (χ2v) is 5.73. The maximum atomic E-state index is 11.2. The van der Waals surface area contributed by atoms with E-state index in [9.17, 15) is 5.11 Å². The van der Waals surface area contributed by atoms with E-state index in [0.717, 1.165) is 24.8 Å². The topological polar surface area (TPSA) is 20.2 Å². The molecule has 1 aromatic rings. The minimum absolute atomic E-state index is 0.459. The molecule has 0 aliphatic heterocycles. The Kier molecular flexibility index (Phi) is 4.82. The number of hydrogen-bond acceptors (Lipinski definition) is 1. The van der Waals surface area contributed by atoms with Crippen LogP contribution in [0, 0.1) is 5.92 Å². The molecule has 0 saturated heterocycles. The average Bonchev–Trinajstić information content (AvgIpc) is 2.46. The highest BCUT2D eigenvalue weighted by atomic mass is 16.3. The molecule has 1 heteroatoms. The van der Waals surface area contributed by atoms with Crippen LogP contribution < -0.4 is 0 Å². The van der Waals surface area contributed by atoms with Crippen LogP contribution in [0.1, 0.15) is 63.9 Å². The zero-order valence-corrected chi connectivity index (χ0v) is 11.6. The van der Waals surface area contributed by atoms with E-state index in [2.05, 4.69) is 31.2 Å². The van der Waals surface area contributed by atoms with Crippen molar-refractivity contribution in [2.75, 3.05) is 0 Å². The molecule has 0 amide bonds. The summed E-state index contributed by atoms with van der Waals surface area (Å²) in [6, 6.07) is 10.3. The molecule has 1 aliphatic carbocycles. The Balaban J connectivity index is 2.21. The van der Waals surface area contributed by atoms with Crippen molar-refractivity contribution in [1.29, 1.82) is 0 Å². The summed E-state index contributed by atoms with van der Waals surface area (Å²) in [5.41, 5.74) is 0.544. The fraction of sp³-hybridized carbons (Fsp3) is 0.647. The van der Waals surface area contributed by atoms with Crippen LogP contribution in [-0.2, 0) is 5.60 Å². The smallest absolute Gasteiger partial charge is 0.0924 e. The van der Waals surface area contributed by atoms with Crippen LogP contribution in [0.5, 0.6) is 0 Å². The van der Waals surface area contributed by atoms with E-state index in [4.69, 9.17) is 0 Å². The second kappa shape index (κ2) is 6.38. The predicted octanol–water partition coefficient (Wildman–Crippen LogP) is 4.64. The van der Waals surface area contributed by atoms with Crippen molar-refractivity contribution < 1.29 is 5.11 Å². The van der Waals surface area contributed by atoms with Crippen molar-refractivity contribution in [1.82, 2.24) is 0 Å². The van der Waals surface area contributed by atoms with Gasteiger partial charge in [0, 0.05) is 0 Å². The third-order valence-electron chi connectivity index (χ3n) is 4.47. The zero-order chi connectivity index (χ0) is 12.8. The third-order valence-corrected chi connectivity index (χ3v) is 4.47. The highest BCUT2D eigenvalue weighted by Gasteiger charge is 2.37. The summed E-state index contributed by atoms with van der Waals surface area (Å²) < 4.78 is 0. The molecule has 1 aliphatic rings. The Morgan fingerprint density at radius 1 is 1.11 bits per heavy atom. The van der Waals surface area contributed by atoms with Crippen molar-refractivity contribution in [2.24, 2.45) is 5.92 Å². The first-order chi connectivity index (χ1) is 8.77. The molecule has 2 rings (SSSR count). The summed E-state index contributed by atoms with van der Waals surface area (Å²) in [5.74, 6) is 0.459. The Hall–Kier alpha value is -0.820. The molecule has 0 radical (unpaired) electrons. The monoisotopic (exact) mass is 246 g/mol. The lowest BCUT2D eigenvalue weighted by molar-refractivity contribution is -0.0477. The SMILES string of the molecule is CCCCC(O)(c1ccccc1)C1CCCCC1. The molecule has 0 bridgehead atoms.